The van der Waals surface area contributed by atoms with Crippen LogP contribution in [0.15, 0.2) is 23.8 Å². The minimum absolute atomic E-state index is 0.142. The topological polar surface area (TPSA) is 66.8 Å². The van der Waals surface area contributed by atoms with E-state index in [1.807, 2.05) is 25.2 Å². The molecule has 20 heavy (non-hydrogen) atoms. The first-order valence-electron chi connectivity index (χ1n) is 7.00. The molecule has 1 N–H and O–H groups in total. The van der Waals surface area contributed by atoms with Crippen molar-refractivity contribution < 1.29 is 18.3 Å². The van der Waals surface area contributed by atoms with E-state index in [-0.39, 0.29) is 5.75 Å². The summed E-state index contributed by atoms with van der Waals surface area (Å²) in [6.07, 6.45) is 6.53. The predicted octanol–water partition coefficient (Wildman–Crippen LogP) is 1.06. The molecule has 2 aliphatic rings. The lowest BCUT2D eigenvalue weighted by Gasteiger charge is -2.30. The number of aliphatic hydroxyl groups is 1. The molecule has 0 fully saturated rings. The van der Waals surface area contributed by atoms with Crippen molar-refractivity contribution in [2.45, 2.75) is 44.4 Å². The van der Waals surface area contributed by atoms with Crippen LogP contribution in [0.5, 0.6) is 0 Å². The van der Waals surface area contributed by atoms with E-state index in [1.54, 1.807) is 0 Å². The van der Waals surface area contributed by atoms with Crippen LogP contribution < -0.4 is 0 Å². The van der Waals surface area contributed by atoms with E-state index in [4.69, 9.17) is 4.74 Å². The van der Waals surface area contributed by atoms with E-state index < -0.39 is 28.3 Å². The quantitative estimate of drug-likeness (QED) is 0.736. The van der Waals surface area contributed by atoms with Crippen LogP contribution in [0.1, 0.15) is 26.2 Å². The molecule has 6 heteroatoms. The Morgan fingerprint density at radius 2 is 2.15 bits per heavy atom. The largest absolute Gasteiger partial charge is 0.388 e. The van der Waals surface area contributed by atoms with Gasteiger partial charge >= 0.3 is 0 Å². The van der Waals surface area contributed by atoms with Gasteiger partial charge in [0.15, 0.2) is 0 Å². The Labute approximate surface area is 121 Å². The predicted molar refractivity (Wildman–Crippen MR) is 77.8 cm³/mol. The second-order valence-electron chi connectivity index (χ2n) is 5.48. The summed E-state index contributed by atoms with van der Waals surface area (Å²) >= 11 is 0. The molecular weight excluding hydrogens is 278 g/mol. The Morgan fingerprint density at radius 3 is 2.85 bits per heavy atom. The minimum Gasteiger partial charge on any atom is -0.388 e. The Hall–Kier alpha value is -0.690. The fourth-order valence-electron chi connectivity index (χ4n) is 2.75. The van der Waals surface area contributed by atoms with Crippen molar-refractivity contribution >= 4 is 10.0 Å². The van der Waals surface area contributed by atoms with Crippen LogP contribution in [0, 0.1) is 0 Å². The highest BCUT2D eigenvalue weighted by Gasteiger charge is 2.39. The average Bonchev–Trinajstić information content (AvgIpc) is 2.79. The van der Waals surface area contributed by atoms with Crippen molar-refractivity contribution in [1.29, 1.82) is 0 Å². The van der Waals surface area contributed by atoms with Gasteiger partial charge in [0, 0.05) is 13.7 Å². The Morgan fingerprint density at radius 1 is 1.40 bits per heavy atom. The Bertz CT molecular complexity index is 497. The van der Waals surface area contributed by atoms with Crippen molar-refractivity contribution in [3.8, 4) is 0 Å². The molecule has 0 aromatic heterocycles. The molecule has 0 radical (unpaired) electrons. The summed E-state index contributed by atoms with van der Waals surface area (Å²) in [7, 11) is -1.81. The number of sulfonamides is 1. The second-order valence-corrected chi connectivity index (χ2v) is 7.52. The zero-order valence-electron chi connectivity index (χ0n) is 12.0. The number of allylic oxidation sites excluding steroid dienone is 1. The lowest BCUT2D eigenvalue weighted by atomic mass is 10.0. The van der Waals surface area contributed by atoms with Crippen molar-refractivity contribution in [1.82, 2.24) is 4.31 Å². The van der Waals surface area contributed by atoms with Gasteiger partial charge in [0.05, 0.1) is 11.8 Å². The van der Waals surface area contributed by atoms with Crippen LogP contribution in [0.2, 0.25) is 0 Å². The summed E-state index contributed by atoms with van der Waals surface area (Å²) in [6, 6.07) is -0.535. The highest BCUT2D eigenvalue weighted by Crippen LogP contribution is 2.26. The number of hydrogen-bond donors (Lipinski definition) is 1. The van der Waals surface area contributed by atoms with Crippen molar-refractivity contribution in [2.75, 3.05) is 19.4 Å². The molecule has 0 amide bonds. The Kier molecular flexibility index (Phi) is 5.01. The maximum atomic E-state index is 12.4. The van der Waals surface area contributed by atoms with E-state index in [9.17, 15) is 13.5 Å². The van der Waals surface area contributed by atoms with Crippen molar-refractivity contribution in [3.05, 3.63) is 23.8 Å². The average molecular weight is 301 g/mol. The van der Waals surface area contributed by atoms with E-state index in [0.29, 0.717) is 13.0 Å². The molecule has 0 unspecified atom stereocenters. The minimum atomic E-state index is -3.34. The lowest BCUT2D eigenvalue weighted by molar-refractivity contribution is -0.00506. The highest BCUT2D eigenvalue weighted by molar-refractivity contribution is 7.89. The number of rotatable bonds is 1. The third-order valence-corrected chi connectivity index (χ3v) is 5.75. The molecular formula is C14H23NO4S. The van der Waals surface area contributed by atoms with Crippen LogP contribution >= 0.6 is 0 Å². The summed E-state index contributed by atoms with van der Waals surface area (Å²) in [4.78, 5) is 0. The van der Waals surface area contributed by atoms with Gasteiger partial charge in [0.2, 0.25) is 10.0 Å². The smallest absolute Gasteiger partial charge is 0.215 e. The summed E-state index contributed by atoms with van der Waals surface area (Å²) in [5.74, 6) is 0.142. The standard InChI is InChI=1S/C14H23NO4S/c1-11-9-12-14(16)13(19-2)7-5-3-4-6-8-20(17,18)15(12)10-11/h5,7,9,12-14,16H,3-4,6,8,10H2,1-2H3/b7-5+/t12-,13+,14+/m1/s1. The summed E-state index contributed by atoms with van der Waals surface area (Å²) < 4.78 is 31.6. The van der Waals surface area contributed by atoms with E-state index in [1.165, 1.54) is 11.4 Å². The van der Waals surface area contributed by atoms with Gasteiger partial charge in [-0.2, -0.15) is 4.31 Å². The number of aliphatic hydroxyl groups excluding tert-OH is 1. The second kappa shape index (κ2) is 6.39. The fourth-order valence-corrected chi connectivity index (χ4v) is 4.51. The number of ether oxygens (including phenoxy) is 1. The zero-order valence-corrected chi connectivity index (χ0v) is 12.8. The molecule has 5 nitrogen and oxygen atoms in total. The maximum Gasteiger partial charge on any atom is 0.215 e. The third kappa shape index (κ3) is 3.31. The van der Waals surface area contributed by atoms with Crippen LogP contribution in [0.3, 0.4) is 0 Å². The summed E-state index contributed by atoms with van der Waals surface area (Å²) in [5.41, 5.74) is 0.966. The molecule has 0 aromatic carbocycles. The van der Waals surface area contributed by atoms with Gasteiger partial charge in [-0.1, -0.05) is 23.8 Å². The third-order valence-electron chi connectivity index (χ3n) is 3.86. The first-order valence-corrected chi connectivity index (χ1v) is 8.61. The fraction of sp³-hybridized carbons (Fsp3) is 0.714. The lowest BCUT2D eigenvalue weighted by Crippen LogP contribution is -2.48. The normalized spacial score (nSPS) is 36.8. The zero-order chi connectivity index (χ0) is 14.8. The molecule has 3 atom stereocenters. The monoisotopic (exact) mass is 301 g/mol. The van der Waals surface area contributed by atoms with Crippen molar-refractivity contribution in [2.24, 2.45) is 0 Å². The number of methoxy groups -OCH3 is 1. The van der Waals surface area contributed by atoms with Crippen molar-refractivity contribution in [3.63, 3.8) is 0 Å². The number of fused-ring (bicyclic) bond motifs is 1. The molecule has 0 aromatic rings. The number of nitrogens with zero attached hydrogens (tertiary/aromatic N) is 1. The Balaban J connectivity index is 2.34. The van der Waals surface area contributed by atoms with Gasteiger partial charge in [0.1, 0.15) is 12.2 Å². The van der Waals surface area contributed by atoms with Crippen LogP contribution in [0.25, 0.3) is 0 Å². The summed E-state index contributed by atoms with van der Waals surface area (Å²) in [6.45, 7) is 2.25. The maximum absolute atomic E-state index is 12.4. The summed E-state index contributed by atoms with van der Waals surface area (Å²) in [5, 5.41) is 10.5. The van der Waals surface area contributed by atoms with E-state index in [2.05, 4.69) is 0 Å². The molecule has 114 valence electrons. The van der Waals surface area contributed by atoms with Gasteiger partial charge in [-0.25, -0.2) is 8.42 Å². The molecule has 2 heterocycles. The number of hydrogen-bond acceptors (Lipinski definition) is 4. The van der Waals surface area contributed by atoms with Gasteiger partial charge in [-0.15, -0.1) is 0 Å². The molecule has 2 rings (SSSR count). The first kappa shape index (κ1) is 15.7. The highest BCUT2D eigenvalue weighted by atomic mass is 32.2. The molecule has 0 saturated carbocycles. The van der Waals surface area contributed by atoms with Crippen LogP contribution in [-0.4, -0.2) is 55.5 Å². The van der Waals surface area contributed by atoms with Gasteiger partial charge in [-0.05, 0) is 26.2 Å². The van der Waals surface area contributed by atoms with Gasteiger partial charge < -0.3 is 9.84 Å². The molecule has 0 aliphatic carbocycles. The van der Waals surface area contributed by atoms with E-state index in [0.717, 1.165) is 18.4 Å². The molecule has 0 bridgehead atoms. The van der Waals surface area contributed by atoms with Crippen LogP contribution in [0.4, 0.5) is 0 Å². The van der Waals surface area contributed by atoms with Crippen LogP contribution in [-0.2, 0) is 14.8 Å². The first-order chi connectivity index (χ1) is 9.45. The SMILES string of the molecule is CO[C@H]1/C=C/CCCCS(=O)(=O)N2CC(C)=C[C@@H]2[C@@H]1O. The van der Waals surface area contributed by atoms with Gasteiger partial charge in [0.25, 0.3) is 0 Å². The van der Waals surface area contributed by atoms with E-state index >= 15 is 0 Å². The molecule has 2 aliphatic heterocycles. The van der Waals surface area contributed by atoms with Gasteiger partial charge in [-0.3, -0.25) is 0 Å². The molecule has 0 spiro atoms. The molecule has 0 saturated heterocycles.